The lowest BCUT2D eigenvalue weighted by molar-refractivity contribution is 0.946. The zero-order valence-corrected chi connectivity index (χ0v) is 10.1. The van der Waals surface area contributed by atoms with Crippen LogP contribution in [0.4, 0.5) is 0 Å². The van der Waals surface area contributed by atoms with Crippen LogP contribution < -0.4 is 5.56 Å². The molecule has 6 nitrogen and oxygen atoms in total. The lowest BCUT2D eigenvalue weighted by Gasteiger charge is -2.03. The van der Waals surface area contributed by atoms with Gasteiger partial charge in [0, 0.05) is 0 Å². The van der Waals surface area contributed by atoms with E-state index in [1.807, 2.05) is 25.1 Å². The molecule has 0 fully saturated rings. The predicted molar refractivity (Wildman–Crippen MR) is 71.2 cm³/mol. The van der Waals surface area contributed by atoms with Crippen molar-refractivity contribution in [3.63, 3.8) is 0 Å². The lowest BCUT2D eigenvalue weighted by Crippen LogP contribution is -2.16. The van der Waals surface area contributed by atoms with Crippen molar-refractivity contribution in [1.29, 1.82) is 0 Å². The minimum atomic E-state index is -0.122. The van der Waals surface area contributed by atoms with E-state index in [1.54, 1.807) is 12.1 Å². The molecule has 0 saturated heterocycles. The number of aryl methyl sites for hydroxylation is 1. The summed E-state index contributed by atoms with van der Waals surface area (Å²) in [6, 6.07) is 9.21. The first kappa shape index (κ1) is 10.2. The van der Waals surface area contributed by atoms with E-state index in [2.05, 4.69) is 20.4 Å². The molecule has 0 radical (unpaired) electrons. The number of rotatable bonds is 0. The number of aromatic nitrogens is 5. The molecular formula is C13H9N5O. The second-order valence-corrected chi connectivity index (χ2v) is 4.50. The monoisotopic (exact) mass is 251 g/mol. The van der Waals surface area contributed by atoms with Gasteiger partial charge in [0.05, 0.1) is 10.9 Å². The molecule has 6 heteroatoms. The third-order valence-electron chi connectivity index (χ3n) is 3.21. The first-order chi connectivity index (χ1) is 9.24. The fourth-order valence-corrected chi connectivity index (χ4v) is 2.30. The van der Waals surface area contributed by atoms with Gasteiger partial charge in [-0.15, -0.1) is 5.10 Å². The minimum Gasteiger partial charge on any atom is -0.268 e. The van der Waals surface area contributed by atoms with Gasteiger partial charge in [0.2, 0.25) is 0 Å². The summed E-state index contributed by atoms with van der Waals surface area (Å²) in [5.41, 5.74) is 3.31. The maximum atomic E-state index is 12.6. The Hall–Kier alpha value is -2.76. The summed E-state index contributed by atoms with van der Waals surface area (Å²) in [5, 5.41) is 11.1. The summed E-state index contributed by atoms with van der Waals surface area (Å²) in [5.74, 6) is 0. The largest absolute Gasteiger partial charge is 0.268 e. The van der Waals surface area contributed by atoms with Crippen LogP contribution in [0.25, 0.3) is 27.7 Å². The van der Waals surface area contributed by atoms with E-state index in [0.717, 1.165) is 5.56 Å². The summed E-state index contributed by atoms with van der Waals surface area (Å²) in [7, 11) is 0. The Morgan fingerprint density at radius 1 is 1.11 bits per heavy atom. The molecule has 1 aromatic carbocycles. The first-order valence-electron chi connectivity index (χ1n) is 5.87. The Bertz CT molecular complexity index is 998. The van der Waals surface area contributed by atoms with Crippen molar-refractivity contribution in [1.82, 2.24) is 24.8 Å². The Morgan fingerprint density at radius 3 is 2.84 bits per heavy atom. The molecule has 4 aromatic rings. The van der Waals surface area contributed by atoms with E-state index in [0.29, 0.717) is 27.7 Å². The van der Waals surface area contributed by atoms with Crippen molar-refractivity contribution in [3.05, 3.63) is 46.2 Å². The maximum absolute atomic E-state index is 12.6. The van der Waals surface area contributed by atoms with Gasteiger partial charge in [-0.3, -0.25) is 4.79 Å². The average molecular weight is 251 g/mol. The topological polar surface area (TPSA) is 75.9 Å². The molecule has 0 saturated carbocycles. The summed E-state index contributed by atoms with van der Waals surface area (Å²) in [6.45, 7) is 1.95. The molecule has 92 valence electrons. The minimum absolute atomic E-state index is 0.122. The first-order valence-corrected chi connectivity index (χ1v) is 5.87. The molecule has 0 aliphatic carbocycles. The molecule has 3 heterocycles. The molecule has 0 atom stereocenters. The smallest absolute Gasteiger partial charge is 0.267 e. The second-order valence-electron chi connectivity index (χ2n) is 4.50. The predicted octanol–water partition coefficient (Wildman–Crippen LogP) is 1.43. The van der Waals surface area contributed by atoms with Crippen molar-refractivity contribution in [3.8, 4) is 0 Å². The van der Waals surface area contributed by atoms with E-state index in [4.69, 9.17) is 0 Å². The number of nitrogens with one attached hydrogen (secondary N) is 1. The van der Waals surface area contributed by atoms with Crippen LogP contribution in [-0.2, 0) is 0 Å². The van der Waals surface area contributed by atoms with Crippen LogP contribution in [0.15, 0.2) is 35.1 Å². The summed E-state index contributed by atoms with van der Waals surface area (Å²) in [4.78, 5) is 17.1. The Labute approximate surface area is 106 Å². The van der Waals surface area contributed by atoms with Crippen LogP contribution in [0, 0.1) is 6.92 Å². The highest BCUT2D eigenvalue weighted by Crippen LogP contribution is 2.14. The number of H-pyrrole nitrogens is 1. The quantitative estimate of drug-likeness (QED) is 0.480. The second kappa shape index (κ2) is 3.38. The van der Waals surface area contributed by atoms with Gasteiger partial charge in [0.1, 0.15) is 11.2 Å². The molecule has 0 unspecified atom stereocenters. The average Bonchev–Trinajstić information content (AvgIpc) is 2.88. The van der Waals surface area contributed by atoms with Gasteiger partial charge in [0.15, 0.2) is 5.65 Å². The third-order valence-corrected chi connectivity index (χ3v) is 3.21. The fourth-order valence-electron chi connectivity index (χ4n) is 2.30. The summed E-state index contributed by atoms with van der Waals surface area (Å²) >= 11 is 0. The molecule has 0 aliphatic heterocycles. The summed E-state index contributed by atoms with van der Waals surface area (Å²) < 4.78 is 1.49. The zero-order valence-electron chi connectivity index (χ0n) is 10.1. The van der Waals surface area contributed by atoms with Gasteiger partial charge in [-0.05, 0) is 31.2 Å². The third kappa shape index (κ3) is 1.31. The van der Waals surface area contributed by atoms with Gasteiger partial charge in [-0.1, -0.05) is 11.6 Å². The SMILES string of the molecule is Cc1ccc2nc3ccc4n[nH]nc4n3c(=O)c2c1. The number of hydrogen-bond acceptors (Lipinski definition) is 4. The van der Waals surface area contributed by atoms with Crippen LogP contribution in [0.5, 0.6) is 0 Å². The van der Waals surface area contributed by atoms with Crippen LogP contribution in [0.1, 0.15) is 5.56 Å². The number of pyridine rings is 1. The summed E-state index contributed by atoms with van der Waals surface area (Å²) in [6.07, 6.45) is 0. The van der Waals surface area contributed by atoms with E-state index < -0.39 is 0 Å². The van der Waals surface area contributed by atoms with Crippen molar-refractivity contribution in [2.75, 3.05) is 0 Å². The highest BCUT2D eigenvalue weighted by atomic mass is 16.1. The van der Waals surface area contributed by atoms with E-state index >= 15 is 0 Å². The van der Waals surface area contributed by atoms with Crippen molar-refractivity contribution in [2.24, 2.45) is 0 Å². The number of benzene rings is 1. The number of fused-ring (bicyclic) bond motifs is 4. The fraction of sp³-hybridized carbons (Fsp3) is 0.0769. The standard InChI is InChI=1S/C13H9N5O/c1-7-2-3-9-8(6-7)13(19)18-11(14-9)5-4-10-12(18)16-17-15-10/h2-6H,1H3,(H,15,16,17). The highest BCUT2D eigenvalue weighted by Gasteiger charge is 2.10. The molecule has 1 N–H and O–H groups in total. The zero-order chi connectivity index (χ0) is 13.0. The molecule has 3 aromatic heterocycles. The van der Waals surface area contributed by atoms with E-state index in [9.17, 15) is 4.79 Å². The van der Waals surface area contributed by atoms with Gasteiger partial charge in [0.25, 0.3) is 5.56 Å². The molecule has 19 heavy (non-hydrogen) atoms. The van der Waals surface area contributed by atoms with Crippen molar-refractivity contribution < 1.29 is 0 Å². The Balaban J connectivity index is 2.36. The van der Waals surface area contributed by atoms with E-state index in [1.165, 1.54) is 4.40 Å². The van der Waals surface area contributed by atoms with Gasteiger partial charge in [-0.25, -0.2) is 9.38 Å². The molecule has 4 rings (SSSR count). The Morgan fingerprint density at radius 2 is 1.95 bits per heavy atom. The van der Waals surface area contributed by atoms with Gasteiger partial charge in [-0.2, -0.15) is 10.3 Å². The number of hydrogen-bond donors (Lipinski definition) is 1. The van der Waals surface area contributed by atoms with Crippen LogP contribution in [-0.4, -0.2) is 24.8 Å². The lowest BCUT2D eigenvalue weighted by atomic mass is 10.1. The highest BCUT2D eigenvalue weighted by molar-refractivity contribution is 5.83. The van der Waals surface area contributed by atoms with E-state index in [-0.39, 0.29) is 5.56 Å². The van der Waals surface area contributed by atoms with Crippen molar-refractivity contribution >= 4 is 27.7 Å². The molecular weight excluding hydrogens is 242 g/mol. The molecule has 0 aliphatic rings. The Kier molecular flexibility index (Phi) is 1.81. The maximum Gasteiger partial charge on any atom is 0.267 e. The molecule has 0 amide bonds. The van der Waals surface area contributed by atoms with Crippen LogP contribution in [0.3, 0.4) is 0 Å². The number of aromatic amines is 1. The van der Waals surface area contributed by atoms with Gasteiger partial charge >= 0.3 is 0 Å². The van der Waals surface area contributed by atoms with Gasteiger partial charge < -0.3 is 0 Å². The van der Waals surface area contributed by atoms with Crippen LogP contribution in [0.2, 0.25) is 0 Å². The molecule has 0 bridgehead atoms. The van der Waals surface area contributed by atoms with Crippen LogP contribution >= 0.6 is 0 Å². The molecule has 0 spiro atoms. The van der Waals surface area contributed by atoms with Crippen molar-refractivity contribution in [2.45, 2.75) is 6.92 Å². The normalized spacial score (nSPS) is 11.6. The number of nitrogens with zero attached hydrogens (tertiary/aromatic N) is 4.